The molecular formula is C18H30N4. The molecule has 0 saturated carbocycles. The van der Waals surface area contributed by atoms with Gasteiger partial charge in [0, 0.05) is 26.7 Å². The van der Waals surface area contributed by atoms with Crippen LogP contribution in [0.2, 0.25) is 0 Å². The zero-order valence-electron chi connectivity index (χ0n) is 14.4. The first kappa shape index (κ1) is 16.8. The molecule has 1 unspecified atom stereocenters. The van der Waals surface area contributed by atoms with Gasteiger partial charge in [0.1, 0.15) is 0 Å². The van der Waals surface area contributed by atoms with Crippen molar-refractivity contribution in [2.75, 3.05) is 40.3 Å². The number of nitrogens with one attached hydrogen (secondary N) is 2. The van der Waals surface area contributed by atoms with Crippen molar-refractivity contribution in [1.29, 1.82) is 0 Å². The quantitative estimate of drug-likeness (QED) is 0.645. The first-order valence-corrected chi connectivity index (χ1v) is 8.27. The van der Waals surface area contributed by atoms with Crippen molar-refractivity contribution in [3.63, 3.8) is 0 Å². The van der Waals surface area contributed by atoms with Crippen molar-refractivity contribution < 1.29 is 0 Å². The predicted molar refractivity (Wildman–Crippen MR) is 94.6 cm³/mol. The van der Waals surface area contributed by atoms with Crippen LogP contribution in [0.4, 0.5) is 0 Å². The Morgan fingerprint density at radius 2 is 1.95 bits per heavy atom. The van der Waals surface area contributed by atoms with Crippen molar-refractivity contribution in [2.45, 2.75) is 26.7 Å². The van der Waals surface area contributed by atoms with Gasteiger partial charge in [-0.15, -0.1) is 0 Å². The molecule has 0 amide bonds. The minimum Gasteiger partial charge on any atom is -0.356 e. The molecule has 1 heterocycles. The molecule has 1 fully saturated rings. The van der Waals surface area contributed by atoms with Gasteiger partial charge in [-0.3, -0.25) is 4.99 Å². The van der Waals surface area contributed by atoms with Gasteiger partial charge in [-0.05, 0) is 51.8 Å². The van der Waals surface area contributed by atoms with Gasteiger partial charge in [-0.25, -0.2) is 0 Å². The summed E-state index contributed by atoms with van der Waals surface area (Å²) in [6.07, 6.45) is 2.30. The van der Waals surface area contributed by atoms with Crippen molar-refractivity contribution in [3.05, 3.63) is 34.9 Å². The van der Waals surface area contributed by atoms with Crippen LogP contribution in [0, 0.1) is 19.8 Å². The molecule has 4 nitrogen and oxygen atoms in total. The van der Waals surface area contributed by atoms with Crippen LogP contribution in [0.15, 0.2) is 23.2 Å². The first-order chi connectivity index (χ1) is 10.6. The van der Waals surface area contributed by atoms with E-state index in [2.05, 4.69) is 59.6 Å². The summed E-state index contributed by atoms with van der Waals surface area (Å²) in [6.45, 7) is 8.63. The van der Waals surface area contributed by atoms with Gasteiger partial charge in [0.15, 0.2) is 5.96 Å². The highest BCUT2D eigenvalue weighted by molar-refractivity contribution is 5.79. The van der Waals surface area contributed by atoms with E-state index in [1.807, 2.05) is 7.05 Å². The monoisotopic (exact) mass is 302 g/mol. The fourth-order valence-corrected chi connectivity index (χ4v) is 3.19. The third-order valence-electron chi connectivity index (χ3n) is 4.26. The maximum absolute atomic E-state index is 4.32. The molecular weight excluding hydrogens is 272 g/mol. The van der Waals surface area contributed by atoms with E-state index in [0.29, 0.717) is 0 Å². The molecule has 1 aliphatic rings. The second kappa shape index (κ2) is 8.18. The summed E-state index contributed by atoms with van der Waals surface area (Å²) in [7, 11) is 4.03. The van der Waals surface area contributed by atoms with Crippen molar-refractivity contribution in [1.82, 2.24) is 15.5 Å². The van der Waals surface area contributed by atoms with Crippen LogP contribution in [-0.4, -0.2) is 51.1 Å². The number of guanidine groups is 1. The summed E-state index contributed by atoms with van der Waals surface area (Å²) in [4.78, 5) is 6.71. The third kappa shape index (κ3) is 5.34. The molecule has 122 valence electrons. The Morgan fingerprint density at radius 1 is 1.23 bits per heavy atom. The van der Waals surface area contributed by atoms with Crippen LogP contribution in [0.3, 0.4) is 0 Å². The Balaban J connectivity index is 1.72. The molecule has 4 heteroatoms. The van der Waals surface area contributed by atoms with Crippen LogP contribution < -0.4 is 10.6 Å². The maximum Gasteiger partial charge on any atom is 0.190 e. The normalized spacial score (nSPS) is 19.5. The lowest BCUT2D eigenvalue weighted by atomic mass is 10.1. The minimum absolute atomic E-state index is 0.739. The number of rotatable bonds is 5. The smallest absolute Gasteiger partial charge is 0.190 e. The van der Waals surface area contributed by atoms with Crippen molar-refractivity contribution in [2.24, 2.45) is 10.9 Å². The maximum atomic E-state index is 4.32. The van der Waals surface area contributed by atoms with Crippen LogP contribution in [0.5, 0.6) is 0 Å². The Bertz CT molecular complexity index is 490. The number of benzene rings is 1. The number of aliphatic imine (C=N–C) groups is 1. The zero-order valence-corrected chi connectivity index (χ0v) is 14.4. The fourth-order valence-electron chi connectivity index (χ4n) is 3.19. The third-order valence-corrected chi connectivity index (χ3v) is 4.26. The van der Waals surface area contributed by atoms with Crippen molar-refractivity contribution in [3.8, 4) is 0 Å². The zero-order chi connectivity index (χ0) is 15.9. The van der Waals surface area contributed by atoms with E-state index in [0.717, 1.165) is 31.4 Å². The number of nitrogens with zero attached hydrogens (tertiary/aromatic N) is 2. The molecule has 0 radical (unpaired) electrons. The molecule has 0 bridgehead atoms. The molecule has 2 rings (SSSR count). The second-order valence-corrected chi connectivity index (χ2v) is 6.54. The van der Waals surface area contributed by atoms with Crippen LogP contribution in [-0.2, 0) is 6.42 Å². The predicted octanol–water partition coefficient (Wildman–Crippen LogP) is 1.96. The van der Waals surface area contributed by atoms with Gasteiger partial charge in [-0.1, -0.05) is 29.3 Å². The van der Waals surface area contributed by atoms with Gasteiger partial charge in [0.05, 0.1) is 0 Å². The molecule has 22 heavy (non-hydrogen) atoms. The highest BCUT2D eigenvalue weighted by Crippen LogP contribution is 2.12. The Kier molecular flexibility index (Phi) is 6.25. The van der Waals surface area contributed by atoms with Gasteiger partial charge in [0.2, 0.25) is 0 Å². The molecule has 1 aromatic carbocycles. The average molecular weight is 302 g/mol. The summed E-state index contributed by atoms with van der Waals surface area (Å²) in [5.41, 5.74) is 4.06. The van der Waals surface area contributed by atoms with E-state index in [4.69, 9.17) is 0 Å². The SMILES string of the molecule is CN=C(NCCc1cc(C)cc(C)c1)NCC1CCN(C)C1. The standard InChI is InChI=1S/C18H30N4/c1-14-9-15(2)11-16(10-14)5-7-20-18(19-3)21-12-17-6-8-22(4)13-17/h9-11,17H,5-8,12-13H2,1-4H3,(H2,19,20,21). The molecule has 1 saturated heterocycles. The molecule has 0 spiro atoms. The molecule has 2 N–H and O–H groups in total. The molecule has 1 aliphatic heterocycles. The van der Waals surface area contributed by atoms with Crippen LogP contribution >= 0.6 is 0 Å². The van der Waals surface area contributed by atoms with Gasteiger partial charge < -0.3 is 15.5 Å². The minimum atomic E-state index is 0.739. The summed E-state index contributed by atoms with van der Waals surface area (Å²) in [5, 5.41) is 6.87. The van der Waals surface area contributed by atoms with E-state index in [-0.39, 0.29) is 0 Å². The molecule has 0 aliphatic carbocycles. The van der Waals surface area contributed by atoms with Gasteiger partial charge >= 0.3 is 0 Å². The number of aryl methyl sites for hydroxylation is 2. The molecule has 1 aromatic rings. The van der Waals surface area contributed by atoms with Crippen molar-refractivity contribution >= 4 is 5.96 Å². The Labute approximate surface area is 135 Å². The first-order valence-electron chi connectivity index (χ1n) is 8.27. The second-order valence-electron chi connectivity index (χ2n) is 6.54. The summed E-state index contributed by atoms with van der Waals surface area (Å²) < 4.78 is 0. The van der Waals surface area contributed by atoms with Gasteiger partial charge in [0.25, 0.3) is 0 Å². The molecule has 0 aromatic heterocycles. The van der Waals surface area contributed by atoms with Crippen LogP contribution in [0.1, 0.15) is 23.1 Å². The van der Waals surface area contributed by atoms with E-state index < -0.39 is 0 Å². The summed E-state index contributed by atoms with van der Waals surface area (Å²) in [6, 6.07) is 6.74. The largest absolute Gasteiger partial charge is 0.356 e. The van der Waals surface area contributed by atoms with E-state index >= 15 is 0 Å². The Morgan fingerprint density at radius 3 is 2.55 bits per heavy atom. The number of likely N-dealkylation sites (tertiary alicyclic amines) is 1. The Hall–Kier alpha value is -1.55. The highest BCUT2D eigenvalue weighted by atomic mass is 15.2. The number of hydrogen-bond donors (Lipinski definition) is 2. The van der Waals surface area contributed by atoms with Gasteiger partial charge in [-0.2, -0.15) is 0 Å². The van der Waals surface area contributed by atoms with E-state index in [9.17, 15) is 0 Å². The summed E-state index contributed by atoms with van der Waals surface area (Å²) in [5.74, 6) is 1.65. The van der Waals surface area contributed by atoms with Crippen LogP contribution in [0.25, 0.3) is 0 Å². The van der Waals surface area contributed by atoms with E-state index in [1.54, 1.807) is 0 Å². The molecule has 1 atom stereocenters. The van der Waals surface area contributed by atoms with E-state index in [1.165, 1.54) is 36.2 Å². The fraction of sp³-hybridized carbons (Fsp3) is 0.611. The average Bonchev–Trinajstić information content (AvgIpc) is 2.87. The number of hydrogen-bond acceptors (Lipinski definition) is 2. The topological polar surface area (TPSA) is 39.7 Å². The summed E-state index contributed by atoms with van der Waals surface area (Å²) >= 11 is 0. The lowest BCUT2D eigenvalue weighted by Crippen LogP contribution is -2.41. The highest BCUT2D eigenvalue weighted by Gasteiger charge is 2.19. The lowest BCUT2D eigenvalue weighted by molar-refractivity contribution is 0.394. The lowest BCUT2D eigenvalue weighted by Gasteiger charge is -2.15.